The quantitative estimate of drug-likeness (QED) is 0.0576. The number of carboxylic acid groups (broad SMARTS) is 1. The van der Waals surface area contributed by atoms with Crippen molar-refractivity contribution < 1.29 is 52.1 Å². The van der Waals surface area contributed by atoms with Crippen LogP contribution in [0.5, 0.6) is 11.5 Å². The second kappa shape index (κ2) is 24.6. The maximum absolute atomic E-state index is 14.9. The summed E-state index contributed by atoms with van der Waals surface area (Å²) in [7, 11) is 0. The Bertz CT molecular complexity index is 3790. The highest BCUT2D eigenvalue weighted by Crippen LogP contribution is 2.41. The van der Waals surface area contributed by atoms with E-state index in [4.69, 9.17) is 4.74 Å². The number of rotatable bonds is 17. The van der Waals surface area contributed by atoms with E-state index in [1.54, 1.807) is 76.5 Å². The van der Waals surface area contributed by atoms with Gasteiger partial charge in [0.25, 0.3) is 5.91 Å². The Morgan fingerprint density at radius 1 is 0.835 bits per heavy atom. The van der Waals surface area contributed by atoms with Gasteiger partial charge < -0.3 is 35.4 Å². The Balaban J connectivity index is 0.776. The van der Waals surface area contributed by atoms with Crippen molar-refractivity contribution in [2.75, 3.05) is 23.3 Å². The lowest BCUT2D eigenvalue weighted by atomic mass is 9.85. The Morgan fingerprint density at radius 3 is 2.26 bits per heavy atom. The van der Waals surface area contributed by atoms with E-state index in [0.29, 0.717) is 58.5 Å². The number of fused-ring (bicyclic) bond motifs is 2. The van der Waals surface area contributed by atoms with Gasteiger partial charge in [-0.25, -0.2) is 19.7 Å². The van der Waals surface area contributed by atoms with Crippen molar-refractivity contribution in [3.8, 4) is 33.1 Å². The van der Waals surface area contributed by atoms with E-state index in [-0.39, 0.29) is 35.9 Å². The van der Waals surface area contributed by atoms with Crippen LogP contribution in [0, 0.1) is 19.3 Å². The molecule has 21 heteroatoms. The van der Waals surface area contributed by atoms with Crippen LogP contribution in [0.4, 0.5) is 24.1 Å². The molecule has 3 aromatic heterocycles. The number of thiazole rings is 2. The minimum absolute atomic E-state index is 0.0430. The van der Waals surface area contributed by atoms with Crippen molar-refractivity contribution in [3.05, 3.63) is 172 Å². The molecule has 10 rings (SSSR count). The number of carboxylic acids is 1. The Labute approximate surface area is 497 Å². The van der Waals surface area contributed by atoms with Gasteiger partial charge in [0.15, 0.2) is 10.8 Å². The summed E-state index contributed by atoms with van der Waals surface area (Å²) in [6.45, 7) is 11.2. The van der Waals surface area contributed by atoms with E-state index in [1.165, 1.54) is 51.8 Å². The van der Waals surface area contributed by atoms with Crippen LogP contribution >= 0.6 is 22.7 Å². The van der Waals surface area contributed by atoms with Crippen LogP contribution in [0.3, 0.4) is 0 Å². The van der Waals surface area contributed by atoms with Gasteiger partial charge in [0.05, 0.1) is 44.4 Å². The molecule has 5 aromatic carbocycles. The fourth-order valence-corrected chi connectivity index (χ4v) is 12.7. The van der Waals surface area contributed by atoms with Crippen LogP contribution in [0.1, 0.15) is 113 Å². The number of aromatic nitrogens is 3. The van der Waals surface area contributed by atoms with E-state index < -0.39 is 78.3 Å². The van der Waals surface area contributed by atoms with Crippen molar-refractivity contribution in [1.82, 2.24) is 30.5 Å². The zero-order valence-electron chi connectivity index (χ0n) is 47.5. The molecule has 16 nitrogen and oxygen atoms in total. The van der Waals surface area contributed by atoms with Gasteiger partial charge in [0.2, 0.25) is 17.7 Å². The molecule has 1 saturated heterocycles. The molecule has 2 aliphatic heterocycles. The van der Waals surface area contributed by atoms with Crippen LogP contribution in [0.15, 0.2) is 127 Å². The molecule has 5 heterocycles. The van der Waals surface area contributed by atoms with Crippen molar-refractivity contribution in [1.29, 1.82) is 0 Å². The number of halogens is 3. The third-order valence-electron chi connectivity index (χ3n) is 15.6. The summed E-state index contributed by atoms with van der Waals surface area (Å²) >= 11 is 2.91. The van der Waals surface area contributed by atoms with Crippen LogP contribution in [-0.2, 0) is 27.3 Å². The van der Waals surface area contributed by atoms with Gasteiger partial charge in [0.1, 0.15) is 29.4 Å². The van der Waals surface area contributed by atoms with E-state index in [2.05, 4.69) is 30.9 Å². The molecule has 2 unspecified atom stereocenters. The van der Waals surface area contributed by atoms with E-state index in [0.717, 1.165) is 43.0 Å². The number of likely N-dealkylation sites (tertiary alicyclic amines) is 1. The summed E-state index contributed by atoms with van der Waals surface area (Å²) in [5, 5.41) is 30.3. The minimum atomic E-state index is -4.76. The number of nitrogens with one attached hydrogen (secondary N) is 3. The molecule has 4 amide bonds. The Morgan fingerprint density at radius 2 is 1.56 bits per heavy atom. The fraction of sp³-hybridized carbons (Fsp3) is 0.312. The predicted molar refractivity (Wildman–Crippen MR) is 321 cm³/mol. The first-order valence-electron chi connectivity index (χ1n) is 27.8. The van der Waals surface area contributed by atoms with E-state index in [1.807, 2.05) is 72.5 Å². The van der Waals surface area contributed by atoms with Gasteiger partial charge in [0, 0.05) is 43.6 Å². The number of benzene rings is 5. The standard InChI is InChI=1S/C64H63F3N8O8S2/c1-35-44(45-25-27-53(71-55(45)61(81)82)74-30-29-39-11-9-13-46(47(39)33-74)58(78)73-62-70-49-14-7-8-16-52(49)85-62)12-10-15-51(35)83-43-23-21-40(22-24-43)48(64(65,66)67)26-28-54(77)72-57(63(4,5)6)60(80)75-32-42(76)31-50(75)59(79)69-36(2)38-17-19-41(20-18-38)56-37(3)68-34-84-56/h7-25,27,34,36,42,48,50,57,76H,26,28-33H2,1-6H3,(H,69,79)(H,72,77)(H,81,82)(H,70,73,78)/t36-,42+,48?,50-,57?/m0/s1. The maximum Gasteiger partial charge on any atom is 0.395 e. The SMILES string of the molecule is Cc1ncsc1-c1ccc([C@H](C)NC(=O)[C@@H]2C[C@@H](O)CN2C(=O)C(NC(=O)CCC(c2ccc(Oc3cccc(-c4ccc(N5CCc6cccc(C(=O)Nc7nc8ccccc8s7)c6C5)nc4C(=O)O)c3C)cc2)C(F)(F)F)C(C)(C)C)cc1. The maximum atomic E-state index is 14.9. The van der Waals surface area contributed by atoms with Crippen LogP contribution in [-0.4, -0.2) is 97.1 Å². The summed E-state index contributed by atoms with van der Waals surface area (Å²) in [6.07, 6.45) is -6.48. The number of aromatic carboxylic acids is 1. The topological polar surface area (TPSA) is 216 Å². The number of para-hydroxylation sites is 1. The molecule has 0 radical (unpaired) electrons. The normalized spacial score (nSPS) is 16.3. The molecular formula is C64H63F3N8O8S2. The predicted octanol–water partition coefficient (Wildman–Crippen LogP) is 12.2. The number of aliphatic hydroxyl groups excluding tert-OH is 1. The first-order valence-corrected chi connectivity index (χ1v) is 29.5. The molecule has 0 spiro atoms. The summed E-state index contributed by atoms with van der Waals surface area (Å²) in [5.74, 6) is -4.66. The van der Waals surface area contributed by atoms with Crippen LogP contribution < -0.4 is 25.6 Å². The van der Waals surface area contributed by atoms with Gasteiger partial charge in [-0.3, -0.25) is 24.5 Å². The van der Waals surface area contributed by atoms with Gasteiger partial charge >= 0.3 is 12.1 Å². The number of β-amino-alcohol motifs (C(OH)–C–C–N with tert-alkyl or cyclic N) is 1. The number of pyridine rings is 1. The highest BCUT2D eigenvalue weighted by molar-refractivity contribution is 7.22. The number of aliphatic hydroxyl groups is 1. The molecule has 0 aliphatic carbocycles. The smallest absolute Gasteiger partial charge is 0.395 e. The molecule has 8 aromatic rings. The van der Waals surface area contributed by atoms with Gasteiger partial charge in [-0.05, 0) is 127 Å². The van der Waals surface area contributed by atoms with Crippen LogP contribution in [0.2, 0.25) is 0 Å². The monoisotopic (exact) mass is 1190 g/mol. The third kappa shape index (κ3) is 13.2. The average Bonchev–Trinajstić information content (AvgIpc) is 4.00. The van der Waals surface area contributed by atoms with Gasteiger partial charge in [-0.2, -0.15) is 13.2 Å². The molecule has 0 bridgehead atoms. The molecule has 5 N–H and O–H groups in total. The van der Waals surface area contributed by atoms with Gasteiger partial charge in [-0.1, -0.05) is 105 Å². The number of anilines is 2. The minimum Gasteiger partial charge on any atom is -0.476 e. The Hall–Kier alpha value is -8.53. The summed E-state index contributed by atoms with van der Waals surface area (Å²) in [5.41, 5.74) is 7.62. The molecule has 2 aliphatic rings. The zero-order chi connectivity index (χ0) is 60.5. The summed E-state index contributed by atoms with van der Waals surface area (Å²) in [4.78, 5) is 86.1. The number of carbonyl (C=O) groups excluding carboxylic acids is 4. The van der Waals surface area contributed by atoms with E-state index >= 15 is 0 Å². The van der Waals surface area contributed by atoms with Crippen molar-refractivity contribution in [3.63, 3.8) is 0 Å². The largest absolute Gasteiger partial charge is 0.476 e. The number of carbonyl (C=O) groups is 5. The number of hydrogen-bond acceptors (Lipinski definition) is 13. The lowest BCUT2D eigenvalue weighted by Crippen LogP contribution is -2.57. The number of amides is 4. The van der Waals surface area contributed by atoms with Crippen molar-refractivity contribution in [2.45, 2.75) is 110 Å². The molecule has 440 valence electrons. The molecule has 0 saturated carbocycles. The molecule has 5 atom stereocenters. The summed E-state index contributed by atoms with van der Waals surface area (Å²) < 4.78 is 51.7. The fourth-order valence-electron chi connectivity index (χ4n) is 11.0. The number of aryl methyl sites for hydroxylation is 1. The van der Waals surface area contributed by atoms with Crippen LogP contribution in [0.25, 0.3) is 31.8 Å². The lowest BCUT2D eigenvalue weighted by molar-refractivity contribution is -0.153. The first-order chi connectivity index (χ1) is 40.5. The van der Waals surface area contributed by atoms with Gasteiger partial charge in [-0.15, -0.1) is 11.3 Å². The number of hydrogen-bond donors (Lipinski definition) is 5. The highest BCUT2D eigenvalue weighted by Gasteiger charge is 2.46. The molecule has 85 heavy (non-hydrogen) atoms. The first kappa shape index (κ1) is 59.6. The molecular weight excluding hydrogens is 1130 g/mol. The van der Waals surface area contributed by atoms with Crippen molar-refractivity contribution >= 4 is 73.4 Å². The number of ether oxygens (including phenoxy) is 1. The number of nitrogens with zero attached hydrogens (tertiary/aromatic N) is 5. The highest BCUT2D eigenvalue weighted by atomic mass is 32.1. The molecule has 1 fully saturated rings. The van der Waals surface area contributed by atoms with E-state index in [9.17, 15) is 47.4 Å². The number of alkyl halides is 3. The Kier molecular flexibility index (Phi) is 17.2. The zero-order valence-corrected chi connectivity index (χ0v) is 49.1. The van der Waals surface area contributed by atoms with Crippen molar-refractivity contribution in [2.24, 2.45) is 5.41 Å². The second-order valence-corrected chi connectivity index (χ2v) is 24.4. The lowest BCUT2D eigenvalue weighted by Gasteiger charge is -2.35. The average molecular weight is 1190 g/mol. The second-order valence-electron chi connectivity index (χ2n) is 22.5. The third-order valence-corrected chi connectivity index (χ3v) is 17.6. The summed E-state index contributed by atoms with van der Waals surface area (Å²) in [6, 6.07) is 31.9.